The third kappa shape index (κ3) is 3.15. The zero-order chi connectivity index (χ0) is 17.3. The van der Waals surface area contributed by atoms with E-state index in [1.165, 1.54) is 31.6 Å². The van der Waals surface area contributed by atoms with Gasteiger partial charge in [-0.2, -0.15) is 0 Å². The molecule has 3 rings (SSSR count). The van der Waals surface area contributed by atoms with Crippen molar-refractivity contribution in [1.29, 1.82) is 0 Å². The summed E-state index contributed by atoms with van der Waals surface area (Å²) in [5.74, 6) is 0.663. The van der Waals surface area contributed by atoms with E-state index < -0.39 is 10.0 Å². The van der Waals surface area contributed by atoms with E-state index in [0.29, 0.717) is 10.9 Å². The Hall–Kier alpha value is -2.32. The van der Waals surface area contributed by atoms with Gasteiger partial charge in [-0.3, -0.25) is 4.72 Å². The molecule has 126 valence electrons. The minimum Gasteiger partial charge on any atom is -0.497 e. The standard InChI is InChI=1S/C16H16N2O4S2/c1-10-4-6-12-14(8-10)23-16(17-12)18-24(19,20)15-9-11(21-2)5-7-13(15)22-3/h4-9H,1-3H3,(H,17,18). The summed E-state index contributed by atoms with van der Waals surface area (Å²) in [5, 5.41) is 0.306. The summed E-state index contributed by atoms with van der Waals surface area (Å²) in [6.07, 6.45) is 0. The molecule has 1 aromatic heterocycles. The molecule has 0 bridgehead atoms. The number of ether oxygens (including phenoxy) is 2. The van der Waals surface area contributed by atoms with E-state index in [1.54, 1.807) is 12.1 Å². The lowest BCUT2D eigenvalue weighted by atomic mass is 10.2. The number of nitrogens with one attached hydrogen (secondary N) is 1. The van der Waals surface area contributed by atoms with Gasteiger partial charge in [-0.1, -0.05) is 17.4 Å². The van der Waals surface area contributed by atoms with E-state index in [4.69, 9.17) is 9.47 Å². The number of nitrogens with zero attached hydrogens (tertiary/aromatic N) is 1. The second-order valence-corrected chi connectivity index (χ2v) is 7.79. The Bertz CT molecular complexity index is 996. The fourth-order valence-electron chi connectivity index (χ4n) is 2.24. The molecule has 2 aromatic carbocycles. The first kappa shape index (κ1) is 16.5. The van der Waals surface area contributed by atoms with Crippen LogP contribution < -0.4 is 14.2 Å². The van der Waals surface area contributed by atoms with Crippen LogP contribution in [0.15, 0.2) is 41.3 Å². The maximum absolute atomic E-state index is 12.7. The van der Waals surface area contributed by atoms with Crippen LogP contribution in [0.3, 0.4) is 0 Å². The Morgan fingerprint density at radius 1 is 1.08 bits per heavy atom. The van der Waals surface area contributed by atoms with Gasteiger partial charge in [0.25, 0.3) is 10.0 Å². The number of aromatic nitrogens is 1. The molecule has 0 aliphatic rings. The molecule has 0 fully saturated rings. The van der Waals surface area contributed by atoms with E-state index in [-0.39, 0.29) is 10.6 Å². The summed E-state index contributed by atoms with van der Waals surface area (Å²) in [6.45, 7) is 1.98. The summed E-state index contributed by atoms with van der Waals surface area (Å²) in [6, 6.07) is 10.4. The van der Waals surface area contributed by atoms with Crippen molar-refractivity contribution >= 4 is 36.7 Å². The average Bonchev–Trinajstić information content (AvgIpc) is 2.94. The number of sulfonamides is 1. The molecule has 0 radical (unpaired) electrons. The maximum atomic E-state index is 12.7. The van der Waals surface area contributed by atoms with Crippen LogP contribution in [0, 0.1) is 6.92 Å². The van der Waals surface area contributed by atoms with E-state index in [2.05, 4.69) is 9.71 Å². The molecule has 0 aliphatic carbocycles. The fraction of sp³-hybridized carbons (Fsp3) is 0.188. The van der Waals surface area contributed by atoms with E-state index in [0.717, 1.165) is 15.8 Å². The molecule has 1 heterocycles. The van der Waals surface area contributed by atoms with Gasteiger partial charge < -0.3 is 9.47 Å². The minimum atomic E-state index is -3.85. The van der Waals surface area contributed by atoms with E-state index in [1.807, 2.05) is 25.1 Å². The number of anilines is 1. The SMILES string of the molecule is COc1ccc(OC)c(S(=O)(=O)Nc2nc3ccc(C)cc3s2)c1. The molecule has 8 heteroatoms. The molecule has 0 amide bonds. The van der Waals surface area contributed by atoms with Gasteiger partial charge in [0.15, 0.2) is 5.13 Å². The molecule has 1 N–H and O–H groups in total. The van der Waals surface area contributed by atoms with Gasteiger partial charge in [-0.05, 0) is 36.8 Å². The van der Waals surface area contributed by atoms with Crippen LogP contribution in [0.1, 0.15) is 5.56 Å². The van der Waals surface area contributed by atoms with Gasteiger partial charge in [0.2, 0.25) is 0 Å². The van der Waals surface area contributed by atoms with Crippen molar-refractivity contribution in [2.75, 3.05) is 18.9 Å². The van der Waals surface area contributed by atoms with Crippen LogP contribution in [-0.4, -0.2) is 27.6 Å². The fourth-order valence-corrected chi connectivity index (χ4v) is 4.62. The predicted molar refractivity (Wildman–Crippen MR) is 94.7 cm³/mol. The average molecular weight is 364 g/mol. The quantitative estimate of drug-likeness (QED) is 0.750. The number of thiazole rings is 1. The Labute approximate surface area is 144 Å². The van der Waals surface area contributed by atoms with Gasteiger partial charge in [-0.25, -0.2) is 13.4 Å². The summed E-state index contributed by atoms with van der Waals surface area (Å²) < 4.78 is 39.1. The Kier molecular flexibility index (Phi) is 4.33. The number of aryl methyl sites for hydroxylation is 1. The number of hydrogen-bond acceptors (Lipinski definition) is 6. The van der Waals surface area contributed by atoms with Crippen LogP contribution in [0.25, 0.3) is 10.2 Å². The summed E-state index contributed by atoms with van der Waals surface area (Å²) in [5.41, 5.74) is 1.84. The van der Waals surface area contributed by atoms with E-state index in [9.17, 15) is 8.42 Å². The third-order valence-electron chi connectivity index (χ3n) is 3.43. The Balaban J connectivity index is 2.01. The lowest BCUT2D eigenvalue weighted by Gasteiger charge is -2.11. The van der Waals surface area contributed by atoms with Gasteiger partial charge in [0, 0.05) is 6.07 Å². The van der Waals surface area contributed by atoms with Crippen LogP contribution in [0.5, 0.6) is 11.5 Å². The monoisotopic (exact) mass is 364 g/mol. The number of fused-ring (bicyclic) bond motifs is 1. The molecular weight excluding hydrogens is 348 g/mol. The topological polar surface area (TPSA) is 77.5 Å². The molecule has 3 aromatic rings. The summed E-state index contributed by atoms with van der Waals surface area (Å²) in [4.78, 5) is 4.32. The highest BCUT2D eigenvalue weighted by Crippen LogP contribution is 2.32. The maximum Gasteiger partial charge on any atom is 0.267 e. The highest BCUT2D eigenvalue weighted by Gasteiger charge is 2.22. The first-order valence-electron chi connectivity index (χ1n) is 7.05. The van der Waals surface area contributed by atoms with Gasteiger partial charge in [-0.15, -0.1) is 0 Å². The number of rotatable bonds is 5. The van der Waals surface area contributed by atoms with Crippen LogP contribution >= 0.6 is 11.3 Å². The number of methoxy groups -OCH3 is 2. The second kappa shape index (κ2) is 6.29. The summed E-state index contributed by atoms with van der Waals surface area (Å²) in [7, 11) is -0.962. The van der Waals surface area contributed by atoms with Crippen molar-refractivity contribution in [1.82, 2.24) is 4.98 Å². The molecule has 24 heavy (non-hydrogen) atoms. The number of hydrogen-bond donors (Lipinski definition) is 1. The van der Waals surface area contributed by atoms with Crippen molar-refractivity contribution in [3.63, 3.8) is 0 Å². The van der Waals surface area contributed by atoms with E-state index >= 15 is 0 Å². The van der Waals surface area contributed by atoms with Gasteiger partial charge in [0.05, 0.1) is 24.4 Å². The van der Waals surface area contributed by atoms with Gasteiger partial charge in [0.1, 0.15) is 16.4 Å². The van der Waals surface area contributed by atoms with Crippen molar-refractivity contribution in [3.05, 3.63) is 42.0 Å². The molecule has 0 spiro atoms. The highest BCUT2D eigenvalue weighted by atomic mass is 32.2. The Morgan fingerprint density at radius 2 is 1.88 bits per heavy atom. The highest BCUT2D eigenvalue weighted by molar-refractivity contribution is 7.93. The molecule has 0 aliphatic heterocycles. The van der Waals surface area contributed by atoms with Crippen LogP contribution in [0.4, 0.5) is 5.13 Å². The normalized spacial score (nSPS) is 11.5. The molecule has 0 atom stereocenters. The molecule has 0 saturated heterocycles. The second-order valence-electron chi connectivity index (χ2n) is 5.11. The zero-order valence-corrected chi connectivity index (χ0v) is 15.0. The molecule has 0 saturated carbocycles. The summed E-state index contributed by atoms with van der Waals surface area (Å²) >= 11 is 1.28. The van der Waals surface area contributed by atoms with Crippen LogP contribution in [0.2, 0.25) is 0 Å². The molecular formula is C16H16N2O4S2. The van der Waals surface area contributed by atoms with Crippen molar-refractivity contribution < 1.29 is 17.9 Å². The van der Waals surface area contributed by atoms with Crippen molar-refractivity contribution in [2.24, 2.45) is 0 Å². The van der Waals surface area contributed by atoms with Gasteiger partial charge >= 0.3 is 0 Å². The van der Waals surface area contributed by atoms with Crippen LogP contribution in [-0.2, 0) is 10.0 Å². The first-order valence-corrected chi connectivity index (χ1v) is 9.35. The lowest BCUT2D eigenvalue weighted by molar-refractivity contribution is 0.392. The molecule has 0 unspecified atom stereocenters. The largest absolute Gasteiger partial charge is 0.497 e. The Morgan fingerprint density at radius 3 is 2.58 bits per heavy atom. The van der Waals surface area contributed by atoms with Crippen molar-refractivity contribution in [2.45, 2.75) is 11.8 Å². The predicted octanol–water partition coefficient (Wildman–Crippen LogP) is 3.42. The van der Waals surface area contributed by atoms with Crippen molar-refractivity contribution in [3.8, 4) is 11.5 Å². The zero-order valence-electron chi connectivity index (χ0n) is 13.4. The number of benzene rings is 2. The smallest absolute Gasteiger partial charge is 0.267 e. The minimum absolute atomic E-state index is 0.000198. The lowest BCUT2D eigenvalue weighted by Crippen LogP contribution is -2.14. The first-order chi connectivity index (χ1) is 11.4. The third-order valence-corrected chi connectivity index (χ3v) is 5.85. The molecule has 6 nitrogen and oxygen atoms in total.